The number of carbonyl (C=O) groups is 1. The third-order valence-electron chi connectivity index (χ3n) is 4.16. The lowest BCUT2D eigenvalue weighted by atomic mass is 9.93. The highest BCUT2D eigenvalue weighted by Crippen LogP contribution is 2.27. The second-order valence-electron chi connectivity index (χ2n) is 5.86. The quantitative estimate of drug-likeness (QED) is 0.742. The van der Waals surface area contributed by atoms with Crippen molar-refractivity contribution < 1.29 is 4.79 Å². The number of rotatable bonds is 7. The van der Waals surface area contributed by atoms with Gasteiger partial charge in [-0.25, -0.2) is 0 Å². The highest BCUT2D eigenvalue weighted by molar-refractivity contribution is 5.85. The molecule has 1 saturated heterocycles. The smallest absolute Gasteiger partial charge is 0.234 e. The normalized spacial score (nSPS) is 20.9. The molecular weight excluding hydrogens is 262 g/mol. The number of likely N-dealkylation sites (tertiary alicyclic amines) is 1. The van der Waals surface area contributed by atoms with Gasteiger partial charge in [0.05, 0.1) is 6.54 Å². The fourth-order valence-corrected chi connectivity index (χ4v) is 2.62. The minimum absolute atomic E-state index is 0. The summed E-state index contributed by atoms with van der Waals surface area (Å²) in [5.41, 5.74) is 0. The van der Waals surface area contributed by atoms with E-state index < -0.39 is 0 Å². The summed E-state index contributed by atoms with van der Waals surface area (Å²) in [5.74, 6) is 1.85. The maximum absolute atomic E-state index is 11.7. The lowest BCUT2D eigenvalue weighted by molar-refractivity contribution is -0.122. The summed E-state index contributed by atoms with van der Waals surface area (Å²) in [5, 5.41) is 6.26. The van der Waals surface area contributed by atoms with Crippen LogP contribution in [0.2, 0.25) is 0 Å². The van der Waals surface area contributed by atoms with Gasteiger partial charge in [-0.2, -0.15) is 0 Å². The topological polar surface area (TPSA) is 44.4 Å². The average Bonchev–Trinajstić information content (AvgIpc) is 3.20. The molecule has 2 N–H and O–H groups in total. The van der Waals surface area contributed by atoms with Crippen molar-refractivity contribution in [2.75, 3.05) is 39.8 Å². The van der Waals surface area contributed by atoms with Crippen molar-refractivity contribution in [3.05, 3.63) is 0 Å². The second-order valence-corrected chi connectivity index (χ2v) is 5.86. The van der Waals surface area contributed by atoms with E-state index in [9.17, 15) is 4.79 Å². The van der Waals surface area contributed by atoms with Crippen LogP contribution in [0.25, 0.3) is 0 Å². The van der Waals surface area contributed by atoms with Crippen LogP contribution in [-0.2, 0) is 4.79 Å². The molecule has 4 nitrogen and oxygen atoms in total. The first-order valence-corrected chi connectivity index (χ1v) is 7.41. The molecule has 1 heterocycles. The molecule has 0 radical (unpaired) electrons. The molecule has 0 spiro atoms. The Morgan fingerprint density at radius 2 is 1.84 bits per heavy atom. The van der Waals surface area contributed by atoms with Gasteiger partial charge in [-0.3, -0.25) is 9.69 Å². The largest absolute Gasteiger partial charge is 0.355 e. The molecule has 0 unspecified atom stereocenters. The molecule has 112 valence electrons. The fourth-order valence-electron chi connectivity index (χ4n) is 2.62. The van der Waals surface area contributed by atoms with Gasteiger partial charge in [-0.05, 0) is 70.6 Å². The highest BCUT2D eigenvalue weighted by Gasteiger charge is 2.23. The van der Waals surface area contributed by atoms with E-state index in [1.165, 1.54) is 32.1 Å². The summed E-state index contributed by atoms with van der Waals surface area (Å²) in [6.07, 6.45) is 6.38. The zero-order chi connectivity index (χ0) is 12.8. The minimum atomic E-state index is 0. The molecule has 2 rings (SSSR count). The Hall–Kier alpha value is -0.320. The van der Waals surface area contributed by atoms with E-state index in [-0.39, 0.29) is 18.3 Å². The number of hydrogen-bond donors (Lipinski definition) is 2. The standard InChI is InChI=1S/C14H27N3O.ClH/c1-15-7-4-12-5-8-17(9-6-12)11-14(18)16-10-13-2-3-13;/h12-13,15H,2-11H2,1H3,(H,16,18);1H. The van der Waals surface area contributed by atoms with Gasteiger partial charge in [-0.15, -0.1) is 12.4 Å². The van der Waals surface area contributed by atoms with E-state index in [1.54, 1.807) is 0 Å². The van der Waals surface area contributed by atoms with Crippen molar-refractivity contribution in [3.8, 4) is 0 Å². The van der Waals surface area contributed by atoms with Gasteiger partial charge in [0.25, 0.3) is 0 Å². The second kappa shape index (κ2) is 8.77. The number of piperidine rings is 1. The predicted octanol–water partition coefficient (Wildman–Crippen LogP) is 1.26. The number of carbonyl (C=O) groups excluding carboxylic acids is 1. The molecule has 2 aliphatic rings. The van der Waals surface area contributed by atoms with Gasteiger partial charge >= 0.3 is 0 Å². The fraction of sp³-hybridized carbons (Fsp3) is 0.929. The Kier molecular flexibility index (Phi) is 7.73. The Bertz CT molecular complexity index is 263. The lowest BCUT2D eigenvalue weighted by Gasteiger charge is -2.31. The van der Waals surface area contributed by atoms with Crippen LogP contribution in [-0.4, -0.2) is 50.6 Å². The van der Waals surface area contributed by atoms with Crippen molar-refractivity contribution in [1.82, 2.24) is 15.5 Å². The third-order valence-corrected chi connectivity index (χ3v) is 4.16. The van der Waals surface area contributed by atoms with Crippen molar-refractivity contribution >= 4 is 18.3 Å². The summed E-state index contributed by atoms with van der Waals surface area (Å²) < 4.78 is 0. The Balaban J connectivity index is 0.00000180. The van der Waals surface area contributed by atoms with Gasteiger partial charge in [0, 0.05) is 6.54 Å². The van der Waals surface area contributed by atoms with E-state index in [1.807, 2.05) is 7.05 Å². The summed E-state index contributed by atoms with van der Waals surface area (Å²) in [6, 6.07) is 0. The van der Waals surface area contributed by atoms with Crippen LogP contribution >= 0.6 is 12.4 Å². The number of halogens is 1. The van der Waals surface area contributed by atoms with E-state index in [0.29, 0.717) is 6.54 Å². The van der Waals surface area contributed by atoms with Crippen molar-refractivity contribution in [2.24, 2.45) is 11.8 Å². The van der Waals surface area contributed by atoms with E-state index >= 15 is 0 Å². The van der Waals surface area contributed by atoms with Gasteiger partial charge in [0.15, 0.2) is 0 Å². The number of hydrogen-bond acceptors (Lipinski definition) is 3. The van der Waals surface area contributed by atoms with Crippen molar-refractivity contribution in [1.29, 1.82) is 0 Å². The molecule has 19 heavy (non-hydrogen) atoms. The predicted molar refractivity (Wildman–Crippen MR) is 80.7 cm³/mol. The van der Waals surface area contributed by atoms with Gasteiger partial charge in [0.1, 0.15) is 0 Å². The van der Waals surface area contributed by atoms with Crippen LogP contribution in [0.3, 0.4) is 0 Å². The third kappa shape index (κ3) is 6.59. The average molecular weight is 290 g/mol. The van der Waals surface area contributed by atoms with E-state index in [4.69, 9.17) is 0 Å². The van der Waals surface area contributed by atoms with Gasteiger partial charge in [0.2, 0.25) is 5.91 Å². The first kappa shape index (κ1) is 16.7. The van der Waals surface area contributed by atoms with Crippen LogP contribution in [0.4, 0.5) is 0 Å². The Morgan fingerprint density at radius 3 is 2.42 bits per heavy atom. The molecule has 0 aromatic heterocycles. The van der Waals surface area contributed by atoms with Gasteiger partial charge < -0.3 is 10.6 Å². The van der Waals surface area contributed by atoms with Gasteiger partial charge in [-0.1, -0.05) is 0 Å². The number of amides is 1. The van der Waals surface area contributed by atoms with Crippen LogP contribution < -0.4 is 10.6 Å². The van der Waals surface area contributed by atoms with E-state index in [0.717, 1.165) is 38.0 Å². The zero-order valence-corrected chi connectivity index (χ0v) is 12.8. The molecule has 1 aliphatic carbocycles. The number of nitrogens with one attached hydrogen (secondary N) is 2. The molecular formula is C14H28ClN3O. The molecule has 0 aromatic rings. The first-order valence-electron chi connectivity index (χ1n) is 7.41. The maximum Gasteiger partial charge on any atom is 0.234 e. The van der Waals surface area contributed by atoms with Crippen LogP contribution in [0, 0.1) is 11.8 Å². The highest BCUT2D eigenvalue weighted by atomic mass is 35.5. The van der Waals surface area contributed by atoms with Crippen LogP contribution in [0.5, 0.6) is 0 Å². The first-order chi connectivity index (χ1) is 8.78. The molecule has 0 bridgehead atoms. The summed E-state index contributed by atoms with van der Waals surface area (Å²) in [6.45, 7) is 4.80. The van der Waals surface area contributed by atoms with Crippen LogP contribution in [0.15, 0.2) is 0 Å². The maximum atomic E-state index is 11.7. The summed E-state index contributed by atoms with van der Waals surface area (Å²) in [7, 11) is 2.01. The summed E-state index contributed by atoms with van der Waals surface area (Å²) >= 11 is 0. The molecule has 1 aliphatic heterocycles. The molecule has 1 saturated carbocycles. The van der Waals surface area contributed by atoms with Crippen molar-refractivity contribution in [2.45, 2.75) is 32.1 Å². The summed E-state index contributed by atoms with van der Waals surface area (Å²) in [4.78, 5) is 14.0. The van der Waals surface area contributed by atoms with E-state index in [2.05, 4.69) is 15.5 Å². The molecule has 0 atom stereocenters. The van der Waals surface area contributed by atoms with Crippen LogP contribution in [0.1, 0.15) is 32.1 Å². The minimum Gasteiger partial charge on any atom is -0.355 e. The zero-order valence-electron chi connectivity index (χ0n) is 12.0. The Labute approximate surface area is 123 Å². The SMILES string of the molecule is CNCCC1CCN(CC(=O)NCC2CC2)CC1.Cl. The molecule has 2 fully saturated rings. The molecule has 0 aromatic carbocycles. The van der Waals surface area contributed by atoms with Crippen molar-refractivity contribution in [3.63, 3.8) is 0 Å². The lowest BCUT2D eigenvalue weighted by Crippen LogP contribution is -2.42. The number of nitrogens with zero attached hydrogens (tertiary/aromatic N) is 1. The monoisotopic (exact) mass is 289 g/mol. The molecule has 5 heteroatoms. The molecule has 1 amide bonds. The Morgan fingerprint density at radius 1 is 1.16 bits per heavy atom.